The zero-order valence-corrected chi connectivity index (χ0v) is 14.4. The molecule has 0 bridgehead atoms. The average molecular weight is 332 g/mol. The number of nitrogens with zero attached hydrogens (tertiary/aromatic N) is 1. The van der Waals surface area contributed by atoms with Gasteiger partial charge in [0.15, 0.2) is 5.75 Å². The summed E-state index contributed by atoms with van der Waals surface area (Å²) < 4.78 is 12.2. The van der Waals surface area contributed by atoms with Crippen LogP contribution in [0, 0.1) is 0 Å². The molecule has 0 saturated carbocycles. The van der Waals surface area contributed by atoms with Crippen molar-refractivity contribution in [3.8, 4) is 11.5 Å². The van der Waals surface area contributed by atoms with Gasteiger partial charge in [0.1, 0.15) is 5.75 Å². The van der Waals surface area contributed by atoms with Crippen molar-refractivity contribution < 1.29 is 9.47 Å². The van der Waals surface area contributed by atoms with Crippen LogP contribution in [-0.4, -0.2) is 4.98 Å². The summed E-state index contributed by atoms with van der Waals surface area (Å²) in [5.74, 6) is 1.86. The first kappa shape index (κ1) is 16.3. The molecule has 0 spiro atoms. The van der Waals surface area contributed by atoms with E-state index in [0.717, 1.165) is 47.6 Å². The van der Waals surface area contributed by atoms with Gasteiger partial charge in [0.25, 0.3) is 0 Å². The second-order valence-corrected chi connectivity index (χ2v) is 6.37. The van der Waals surface area contributed by atoms with Crippen LogP contribution in [0.3, 0.4) is 0 Å². The summed E-state index contributed by atoms with van der Waals surface area (Å²) in [5.41, 5.74) is 2.69. The van der Waals surface area contributed by atoms with E-state index < -0.39 is 0 Å². The molecular formula is C19H22ClNO2. The van der Waals surface area contributed by atoms with Crippen LogP contribution >= 0.6 is 11.6 Å². The third-order valence-electron chi connectivity index (χ3n) is 4.41. The minimum Gasteiger partial charge on any atom is -0.455 e. The largest absolute Gasteiger partial charge is 0.455 e. The highest BCUT2D eigenvalue weighted by Crippen LogP contribution is 2.45. The molecular weight excluding hydrogens is 310 g/mol. The lowest BCUT2D eigenvalue weighted by Gasteiger charge is -2.24. The molecule has 2 heterocycles. The molecule has 0 amide bonds. The maximum atomic E-state index is 6.13. The summed E-state index contributed by atoms with van der Waals surface area (Å²) in [6, 6.07) is 9.74. The first-order chi connectivity index (χ1) is 11.2. The number of alkyl halides is 1. The molecule has 122 valence electrons. The van der Waals surface area contributed by atoms with Crippen molar-refractivity contribution in [2.45, 2.75) is 51.2 Å². The van der Waals surface area contributed by atoms with Crippen molar-refractivity contribution in [1.29, 1.82) is 0 Å². The first-order valence-corrected chi connectivity index (χ1v) is 8.65. The molecule has 2 aromatic rings. The van der Waals surface area contributed by atoms with E-state index in [9.17, 15) is 0 Å². The first-order valence-electron chi connectivity index (χ1n) is 8.12. The molecule has 0 aliphatic carbocycles. The van der Waals surface area contributed by atoms with Gasteiger partial charge in [0.2, 0.25) is 0 Å². The summed E-state index contributed by atoms with van der Waals surface area (Å²) in [7, 11) is 0. The van der Waals surface area contributed by atoms with Crippen LogP contribution < -0.4 is 4.74 Å². The molecule has 4 heteroatoms. The Hall–Kier alpha value is -1.58. The van der Waals surface area contributed by atoms with Gasteiger partial charge >= 0.3 is 0 Å². The molecule has 0 radical (unpaired) electrons. The Labute approximate surface area is 142 Å². The van der Waals surface area contributed by atoms with Crippen molar-refractivity contribution in [3.05, 3.63) is 53.3 Å². The van der Waals surface area contributed by atoms with Gasteiger partial charge in [-0.05, 0) is 25.5 Å². The Kier molecular flexibility index (Phi) is 4.88. The molecule has 1 atom stereocenters. The maximum absolute atomic E-state index is 6.13. The fourth-order valence-corrected chi connectivity index (χ4v) is 3.22. The number of unbranched alkanes of at least 4 members (excludes halogenated alkanes) is 1. The number of hydrogen-bond acceptors (Lipinski definition) is 3. The topological polar surface area (TPSA) is 31.4 Å². The highest BCUT2D eigenvalue weighted by molar-refractivity contribution is 6.17. The Morgan fingerprint density at radius 3 is 2.78 bits per heavy atom. The van der Waals surface area contributed by atoms with E-state index in [1.165, 1.54) is 0 Å². The second kappa shape index (κ2) is 6.90. The Morgan fingerprint density at radius 2 is 2.09 bits per heavy atom. The van der Waals surface area contributed by atoms with Crippen LogP contribution in [0.4, 0.5) is 0 Å². The smallest absolute Gasteiger partial charge is 0.156 e. The standard InChI is InChI=1S/C19H22ClNO2/c1-3-4-10-19(2)16-12-21-17(11-20)18(15(16)13-22-19)23-14-8-6-5-7-9-14/h5-9,12H,3-4,10-11,13H2,1-2H3. The quantitative estimate of drug-likeness (QED) is 0.650. The number of aromatic nitrogens is 1. The Bertz CT molecular complexity index is 675. The van der Waals surface area contributed by atoms with Gasteiger partial charge < -0.3 is 9.47 Å². The van der Waals surface area contributed by atoms with Crippen LogP contribution in [0.5, 0.6) is 11.5 Å². The highest BCUT2D eigenvalue weighted by Gasteiger charge is 2.38. The Balaban J connectivity index is 1.99. The van der Waals surface area contributed by atoms with Crippen LogP contribution in [0.2, 0.25) is 0 Å². The molecule has 23 heavy (non-hydrogen) atoms. The summed E-state index contributed by atoms with van der Waals surface area (Å²) in [5, 5.41) is 0. The molecule has 0 fully saturated rings. The zero-order chi connectivity index (χ0) is 16.3. The minimum atomic E-state index is -0.280. The summed E-state index contributed by atoms with van der Waals surface area (Å²) in [6.07, 6.45) is 5.17. The minimum absolute atomic E-state index is 0.280. The van der Waals surface area contributed by atoms with E-state index in [-0.39, 0.29) is 5.60 Å². The lowest BCUT2D eigenvalue weighted by molar-refractivity contribution is -0.0312. The molecule has 1 aromatic heterocycles. The number of hydrogen-bond donors (Lipinski definition) is 0. The number of benzene rings is 1. The van der Waals surface area contributed by atoms with Gasteiger partial charge in [-0.2, -0.15) is 0 Å². The molecule has 0 saturated heterocycles. The number of para-hydroxylation sites is 1. The SMILES string of the molecule is CCCCC1(C)OCc2c1cnc(CCl)c2Oc1ccccc1. The molecule has 1 unspecified atom stereocenters. The fourth-order valence-electron chi connectivity index (χ4n) is 3.03. The van der Waals surface area contributed by atoms with Crippen molar-refractivity contribution in [3.63, 3.8) is 0 Å². The lowest BCUT2D eigenvalue weighted by atomic mass is 9.90. The van der Waals surface area contributed by atoms with Crippen molar-refractivity contribution in [1.82, 2.24) is 4.98 Å². The van der Waals surface area contributed by atoms with Crippen LogP contribution in [-0.2, 0) is 22.8 Å². The van der Waals surface area contributed by atoms with Crippen molar-refractivity contribution in [2.24, 2.45) is 0 Å². The third kappa shape index (κ3) is 3.22. The molecule has 3 nitrogen and oxygen atoms in total. The summed E-state index contributed by atoms with van der Waals surface area (Å²) >= 11 is 6.07. The number of fused-ring (bicyclic) bond motifs is 1. The van der Waals surface area contributed by atoms with Crippen molar-refractivity contribution in [2.75, 3.05) is 0 Å². The predicted molar refractivity (Wildman–Crippen MR) is 92.0 cm³/mol. The van der Waals surface area contributed by atoms with E-state index in [2.05, 4.69) is 18.8 Å². The van der Waals surface area contributed by atoms with E-state index in [1.807, 2.05) is 36.5 Å². The number of halogens is 1. The van der Waals surface area contributed by atoms with Crippen molar-refractivity contribution >= 4 is 11.6 Å². The van der Waals surface area contributed by atoms with Gasteiger partial charge in [0, 0.05) is 17.3 Å². The van der Waals surface area contributed by atoms with E-state index in [4.69, 9.17) is 21.1 Å². The fraction of sp³-hybridized carbons (Fsp3) is 0.421. The molecule has 3 rings (SSSR count). The number of ether oxygens (including phenoxy) is 2. The van der Waals surface area contributed by atoms with Gasteiger partial charge in [-0.3, -0.25) is 4.98 Å². The summed E-state index contributed by atoms with van der Waals surface area (Å²) in [6.45, 7) is 4.88. The monoisotopic (exact) mass is 331 g/mol. The van der Waals surface area contributed by atoms with E-state index >= 15 is 0 Å². The normalized spacial score (nSPS) is 19.6. The number of rotatable bonds is 6. The molecule has 1 aliphatic rings. The van der Waals surface area contributed by atoms with Crippen LogP contribution in [0.1, 0.15) is 49.9 Å². The maximum Gasteiger partial charge on any atom is 0.156 e. The Morgan fingerprint density at radius 1 is 1.30 bits per heavy atom. The molecule has 1 aliphatic heterocycles. The van der Waals surface area contributed by atoms with Gasteiger partial charge in [-0.1, -0.05) is 38.0 Å². The van der Waals surface area contributed by atoms with Gasteiger partial charge in [-0.15, -0.1) is 11.6 Å². The lowest BCUT2D eigenvalue weighted by Crippen LogP contribution is -2.20. The van der Waals surface area contributed by atoms with Gasteiger partial charge in [0.05, 0.1) is 23.8 Å². The van der Waals surface area contributed by atoms with E-state index in [1.54, 1.807) is 0 Å². The summed E-state index contributed by atoms with van der Waals surface area (Å²) in [4.78, 5) is 4.53. The second-order valence-electron chi connectivity index (χ2n) is 6.10. The van der Waals surface area contributed by atoms with E-state index in [0.29, 0.717) is 12.5 Å². The number of pyridine rings is 1. The van der Waals surface area contributed by atoms with Crippen LogP contribution in [0.25, 0.3) is 0 Å². The zero-order valence-electron chi connectivity index (χ0n) is 13.6. The predicted octanol–water partition coefficient (Wildman–Crippen LogP) is 5.55. The average Bonchev–Trinajstić information content (AvgIpc) is 2.92. The highest BCUT2D eigenvalue weighted by atomic mass is 35.5. The molecule has 1 aromatic carbocycles. The van der Waals surface area contributed by atoms with Gasteiger partial charge in [-0.25, -0.2) is 0 Å². The van der Waals surface area contributed by atoms with Crippen LogP contribution in [0.15, 0.2) is 36.5 Å². The molecule has 0 N–H and O–H groups in total. The third-order valence-corrected chi connectivity index (χ3v) is 4.67.